The van der Waals surface area contributed by atoms with Gasteiger partial charge in [-0.3, -0.25) is 13.9 Å². The van der Waals surface area contributed by atoms with Crippen LogP contribution in [0.1, 0.15) is 27.7 Å². The molecule has 140 valence electrons. The Kier molecular flexibility index (Phi) is 7.24. The Morgan fingerprint density at radius 1 is 1.24 bits per heavy atom. The van der Waals surface area contributed by atoms with E-state index in [0.717, 1.165) is 4.31 Å². The van der Waals surface area contributed by atoms with E-state index in [-0.39, 0.29) is 18.0 Å². The summed E-state index contributed by atoms with van der Waals surface area (Å²) in [6.45, 7) is 5.86. The lowest BCUT2D eigenvalue weighted by Gasteiger charge is -2.25. The molecular formula is C16H22INO6S. The molecule has 0 bridgehead atoms. The monoisotopic (exact) mass is 483 g/mol. The lowest BCUT2D eigenvalue weighted by atomic mass is 10.2. The molecule has 0 spiro atoms. The van der Waals surface area contributed by atoms with Gasteiger partial charge >= 0.3 is 5.97 Å². The zero-order valence-electron chi connectivity index (χ0n) is 14.8. The van der Waals surface area contributed by atoms with Crippen LogP contribution in [0.5, 0.6) is 5.75 Å². The first-order valence-electron chi connectivity index (χ1n) is 7.41. The first kappa shape index (κ1) is 21.7. The number of hydrogen-bond donors (Lipinski definition) is 0. The summed E-state index contributed by atoms with van der Waals surface area (Å²) in [4.78, 5) is 23.5. The predicted octanol–water partition coefficient (Wildman–Crippen LogP) is 2.37. The van der Waals surface area contributed by atoms with Crippen molar-refractivity contribution >= 4 is 50.1 Å². The van der Waals surface area contributed by atoms with Gasteiger partial charge < -0.3 is 9.47 Å². The molecule has 25 heavy (non-hydrogen) atoms. The standard InChI is InChI=1S/C16H22INO6S/c1-11(19)9-18(12-6-7-14(23-5)13(17)8-12)25(21,22)10-15(20)24-16(2,3)4/h6-8H,9-10H2,1-5H3. The third kappa shape index (κ3) is 6.81. The van der Waals surface area contributed by atoms with Crippen LogP contribution in [0.3, 0.4) is 0 Å². The van der Waals surface area contributed by atoms with Gasteiger partial charge in [-0.1, -0.05) is 0 Å². The van der Waals surface area contributed by atoms with Gasteiger partial charge in [-0.25, -0.2) is 8.42 Å². The number of Topliss-reactive ketones (excluding diaryl/α,β-unsaturated/α-hetero) is 1. The Labute approximate surface area is 161 Å². The van der Waals surface area contributed by atoms with Crippen LogP contribution >= 0.6 is 22.6 Å². The molecule has 0 heterocycles. The van der Waals surface area contributed by atoms with Crippen molar-refractivity contribution in [2.75, 3.05) is 23.7 Å². The zero-order chi connectivity index (χ0) is 19.4. The molecule has 0 saturated heterocycles. The highest BCUT2D eigenvalue weighted by Crippen LogP contribution is 2.28. The first-order chi connectivity index (χ1) is 11.4. The van der Waals surface area contributed by atoms with Crippen LogP contribution in [-0.4, -0.2) is 45.2 Å². The van der Waals surface area contributed by atoms with Crippen LogP contribution in [-0.2, 0) is 24.3 Å². The van der Waals surface area contributed by atoms with Gasteiger partial charge in [0.05, 0.1) is 22.9 Å². The zero-order valence-corrected chi connectivity index (χ0v) is 17.8. The fourth-order valence-electron chi connectivity index (χ4n) is 1.96. The van der Waals surface area contributed by atoms with Gasteiger partial charge in [0.15, 0.2) is 5.75 Å². The van der Waals surface area contributed by atoms with Crippen LogP contribution in [0.25, 0.3) is 0 Å². The molecule has 0 atom stereocenters. The number of rotatable bonds is 7. The highest BCUT2D eigenvalue weighted by molar-refractivity contribution is 14.1. The predicted molar refractivity (Wildman–Crippen MR) is 103 cm³/mol. The fraction of sp³-hybridized carbons (Fsp3) is 0.500. The third-order valence-electron chi connectivity index (χ3n) is 2.85. The van der Waals surface area contributed by atoms with Gasteiger partial charge in [0.25, 0.3) is 0 Å². The van der Waals surface area contributed by atoms with Crippen molar-refractivity contribution in [2.24, 2.45) is 0 Å². The number of anilines is 1. The number of sulfonamides is 1. The van der Waals surface area contributed by atoms with E-state index >= 15 is 0 Å². The fourth-order valence-corrected chi connectivity index (χ4v) is 4.01. The number of hydrogen-bond acceptors (Lipinski definition) is 6. The summed E-state index contributed by atoms with van der Waals surface area (Å²) in [6.07, 6.45) is 0. The van der Waals surface area contributed by atoms with Crippen LogP contribution in [0.15, 0.2) is 18.2 Å². The molecule has 0 saturated carbocycles. The van der Waals surface area contributed by atoms with Gasteiger partial charge in [0.2, 0.25) is 10.0 Å². The summed E-state index contributed by atoms with van der Waals surface area (Å²) in [5.41, 5.74) is -0.517. The maximum atomic E-state index is 12.7. The molecule has 0 aromatic heterocycles. The van der Waals surface area contributed by atoms with E-state index in [2.05, 4.69) is 0 Å². The van der Waals surface area contributed by atoms with E-state index in [9.17, 15) is 18.0 Å². The second-order valence-corrected chi connectivity index (χ2v) is 9.43. The third-order valence-corrected chi connectivity index (χ3v) is 5.30. The smallest absolute Gasteiger partial charge is 0.323 e. The largest absolute Gasteiger partial charge is 0.496 e. The number of benzene rings is 1. The Balaban J connectivity index is 3.19. The van der Waals surface area contributed by atoms with Crippen LogP contribution in [0, 0.1) is 3.57 Å². The minimum atomic E-state index is -4.08. The molecule has 7 nitrogen and oxygen atoms in total. The number of nitrogens with zero attached hydrogens (tertiary/aromatic N) is 1. The summed E-state index contributed by atoms with van der Waals surface area (Å²) in [5.74, 6) is -1.49. The molecule has 0 N–H and O–H groups in total. The highest BCUT2D eigenvalue weighted by Gasteiger charge is 2.30. The minimum Gasteiger partial charge on any atom is -0.496 e. The molecule has 1 aromatic carbocycles. The van der Waals surface area contributed by atoms with E-state index in [0.29, 0.717) is 9.32 Å². The molecule has 1 aromatic rings. The van der Waals surface area contributed by atoms with Crippen molar-refractivity contribution in [1.82, 2.24) is 0 Å². The summed E-state index contributed by atoms with van der Waals surface area (Å²) >= 11 is 2.00. The van der Waals surface area contributed by atoms with Crippen molar-refractivity contribution in [3.8, 4) is 5.75 Å². The summed E-state index contributed by atoms with van der Waals surface area (Å²) in [5, 5.41) is 0. The van der Waals surface area contributed by atoms with E-state index in [1.165, 1.54) is 20.1 Å². The molecular weight excluding hydrogens is 461 g/mol. The number of ether oxygens (including phenoxy) is 2. The molecule has 1 rings (SSSR count). The lowest BCUT2D eigenvalue weighted by molar-refractivity contribution is -0.151. The van der Waals surface area contributed by atoms with E-state index < -0.39 is 27.3 Å². The van der Waals surface area contributed by atoms with Crippen molar-refractivity contribution in [1.29, 1.82) is 0 Å². The summed E-state index contributed by atoms with van der Waals surface area (Å²) in [6, 6.07) is 4.71. The van der Waals surface area contributed by atoms with Crippen LogP contribution < -0.4 is 9.04 Å². The first-order valence-corrected chi connectivity index (χ1v) is 10.1. The Morgan fingerprint density at radius 2 is 1.84 bits per heavy atom. The highest BCUT2D eigenvalue weighted by atomic mass is 127. The van der Waals surface area contributed by atoms with Gasteiger partial charge in [-0.2, -0.15) is 0 Å². The summed E-state index contributed by atoms with van der Waals surface area (Å²) < 4.78 is 37.2. The Morgan fingerprint density at radius 3 is 2.28 bits per heavy atom. The Bertz CT molecular complexity index is 754. The Hall–Kier alpha value is -1.36. The molecule has 0 aliphatic carbocycles. The van der Waals surface area contributed by atoms with Crippen LogP contribution in [0.4, 0.5) is 5.69 Å². The lowest BCUT2D eigenvalue weighted by Crippen LogP contribution is -2.40. The van der Waals surface area contributed by atoms with Crippen molar-refractivity contribution < 1.29 is 27.5 Å². The molecule has 0 aliphatic heterocycles. The van der Waals surface area contributed by atoms with Gasteiger partial charge in [0.1, 0.15) is 17.1 Å². The van der Waals surface area contributed by atoms with Crippen LogP contribution in [0.2, 0.25) is 0 Å². The maximum Gasteiger partial charge on any atom is 0.323 e. The van der Waals surface area contributed by atoms with Crippen molar-refractivity contribution in [2.45, 2.75) is 33.3 Å². The maximum absolute atomic E-state index is 12.7. The molecule has 0 radical (unpaired) electrons. The van der Waals surface area contributed by atoms with Gasteiger partial charge in [0, 0.05) is 0 Å². The minimum absolute atomic E-state index is 0.281. The number of ketones is 1. The molecule has 0 amide bonds. The van der Waals surface area contributed by atoms with E-state index in [1.54, 1.807) is 32.9 Å². The van der Waals surface area contributed by atoms with Gasteiger partial charge in [-0.05, 0) is 68.5 Å². The molecule has 0 fully saturated rings. The number of esters is 1. The number of halogens is 1. The van der Waals surface area contributed by atoms with E-state index in [1.807, 2.05) is 22.6 Å². The second kappa shape index (κ2) is 8.35. The van der Waals surface area contributed by atoms with Gasteiger partial charge in [-0.15, -0.1) is 0 Å². The average molecular weight is 483 g/mol. The molecule has 0 unspecified atom stereocenters. The van der Waals surface area contributed by atoms with Crippen molar-refractivity contribution in [3.63, 3.8) is 0 Å². The normalized spacial score (nSPS) is 11.8. The van der Waals surface area contributed by atoms with Crippen molar-refractivity contribution in [3.05, 3.63) is 21.8 Å². The average Bonchev–Trinajstić information content (AvgIpc) is 2.41. The number of carbonyl (C=O) groups excluding carboxylic acids is 2. The number of carbonyl (C=O) groups is 2. The van der Waals surface area contributed by atoms with E-state index in [4.69, 9.17) is 9.47 Å². The topological polar surface area (TPSA) is 90.0 Å². The molecule has 9 heteroatoms. The summed E-state index contributed by atoms with van der Waals surface area (Å²) in [7, 11) is -2.58. The molecule has 0 aliphatic rings. The SMILES string of the molecule is COc1ccc(N(CC(C)=O)S(=O)(=O)CC(=O)OC(C)(C)C)cc1I. The second-order valence-electron chi connectivity index (χ2n) is 6.37. The number of methoxy groups -OCH3 is 1. The quantitative estimate of drug-likeness (QED) is 0.437.